The first kappa shape index (κ1) is 16.2. The van der Waals surface area contributed by atoms with E-state index >= 15 is 0 Å². The smallest absolute Gasteiger partial charge is 0.261 e. The van der Waals surface area contributed by atoms with Gasteiger partial charge in [0.1, 0.15) is 0 Å². The molecular weight excluding hydrogens is 376 g/mol. The van der Waals surface area contributed by atoms with Crippen LogP contribution in [0.15, 0.2) is 46.3 Å². The van der Waals surface area contributed by atoms with Crippen molar-refractivity contribution < 1.29 is 9.59 Å². The van der Waals surface area contributed by atoms with Crippen LogP contribution in [0.2, 0.25) is 0 Å². The summed E-state index contributed by atoms with van der Waals surface area (Å²) in [5.41, 5.74) is 1.09. The molecule has 0 saturated heterocycles. The number of nitrogens with zero attached hydrogens (tertiary/aromatic N) is 1. The molecule has 2 aromatic rings. The number of thiophene rings is 1. The summed E-state index contributed by atoms with van der Waals surface area (Å²) in [7, 11) is 0. The fourth-order valence-electron chi connectivity index (χ4n) is 2.39. The molecule has 0 radical (unpaired) electrons. The third-order valence-electron chi connectivity index (χ3n) is 3.70. The van der Waals surface area contributed by atoms with Gasteiger partial charge in [0.25, 0.3) is 5.91 Å². The lowest BCUT2D eigenvalue weighted by atomic mass is 10.2. The molecule has 0 bridgehead atoms. The van der Waals surface area contributed by atoms with Crippen LogP contribution >= 0.6 is 27.3 Å². The maximum atomic E-state index is 12.5. The molecule has 120 valence electrons. The second-order valence-electron chi connectivity index (χ2n) is 5.54. The Morgan fingerprint density at radius 3 is 2.74 bits per heavy atom. The predicted octanol–water partition coefficient (Wildman–Crippen LogP) is 3.43. The summed E-state index contributed by atoms with van der Waals surface area (Å²) in [4.78, 5) is 26.9. The minimum atomic E-state index is -0.188. The summed E-state index contributed by atoms with van der Waals surface area (Å²) in [5.74, 6) is -0.219. The highest BCUT2D eigenvalue weighted by molar-refractivity contribution is 9.10. The number of nitrogens with one attached hydrogen (secondary N) is 1. The van der Waals surface area contributed by atoms with E-state index in [-0.39, 0.29) is 18.4 Å². The molecule has 0 spiro atoms. The molecule has 0 atom stereocenters. The van der Waals surface area contributed by atoms with Crippen LogP contribution < -0.4 is 5.32 Å². The van der Waals surface area contributed by atoms with E-state index in [1.807, 2.05) is 40.6 Å². The monoisotopic (exact) mass is 392 g/mol. The molecule has 1 aromatic heterocycles. The number of amides is 2. The summed E-state index contributed by atoms with van der Waals surface area (Å²) in [6.07, 6.45) is 2.08. The van der Waals surface area contributed by atoms with Gasteiger partial charge in [-0.25, -0.2) is 0 Å². The van der Waals surface area contributed by atoms with Gasteiger partial charge in [0.15, 0.2) is 0 Å². The molecule has 0 unspecified atom stereocenters. The molecule has 2 amide bonds. The predicted molar refractivity (Wildman–Crippen MR) is 94.4 cm³/mol. The highest BCUT2D eigenvalue weighted by Gasteiger charge is 2.32. The fourth-order valence-corrected chi connectivity index (χ4v) is 3.48. The Morgan fingerprint density at radius 1 is 1.26 bits per heavy atom. The Balaban J connectivity index is 1.59. The van der Waals surface area contributed by atoms with Crippen LogP contribution in [0.25, 0.3) is 0 Å². The van der Waals surface area contributed by atoms with Gasteiger partial charge < -0.3 is 10.2 Å². The Hall–Kier alpha value is -1.66. The number of hydrogen-bond donors (Lipinski definition) is 1. The van der Waals surface area contributed by atoms with Crippen molar-refractivity contribution in [3.63, 3.8) is 0 Å². The Morgan fingerprint density at radius 2 is 2.09 bits per heavy atom. The molecule has 1 heterocycles. The second kappa shape index (κ2) is 7.27. The van der Waals surface area contributed by atoms with Crippen LogP contribution in [-0.2, 0) is 11.3 Å². The van der Waals surface area contributed by atoms with Crippen molar-refractivity contribution in [2.75, 3.05) is 6.54 Å². The van der Waals surface area contributed by atoms with Crippen LogP contribution in [0.4, 0.5) is 0 Å². The van der Waals surface area contributed by atoms with Crippen LogP contribution in [-0.4, -0.2) is 29.3 Å². The van der Waals surface area contributed by atoms with Crippen molar-refractivity contribution in [3.05, 3.63) is 56.7 Å². The molecule has 23 heavy (non-hydrogen) atoms. The van der Waals surface area contributed by atoms with Gasteiger partial charge in [-0.1, -0.05) is 34.1 Å². The standard InChI is InChI=1S/C17H17BrN2O2S/c18-13-4-1-3-12(9-13)11-20(14-6-7-14)16(21)10-19-17(22)15-5-2-8-23-15/h1-5,8-9,14H,6-7,10-11H2,(H,19,22). The average Bonchev–Trinajstić information content (AvgIpc) is 3.23. The number of benzene rings is 1. The van der Waals surface area contributed by atoms with Crippen molar-refractivity contribution in [2.24, 2.45) is 0 Å². The molecule has 1 aliphatic rings. The Labute approximate surface area is 147 Å². The van der Waals surface area contributed by atoms with E-state index in [0.29, 0.717) is 17.5 Å². The summed E-state index contributed by atoms with van der Waals surface area (Å²) in [5, 5.41) is 4.56. The first-order valence-corrected chi connectivity index (χ1v) is 9.16. The van der Waals surface area contributed by atoms with Gasteiger partial charge in [0.05, 0.1) is 11.4 Å². The van der Waals surface area contributed by atoms with E-state index < -0.39 is 0 Å². The van der Waals surface area contributed by atoms with Crippen molar-refractivity contribution in [2.45, 2.75) is 25.4 Å². The first-order valence-electron chi connectivity index (χ1n) is 7.49. The van der Waals surface area contributed by atoms with Gasteiger partial charge >= 0.3 is 0 Å². The number of carbonyl (C=O) groups is 2. The van der Waals surface area contributed by atoms with Crippen LogP contribution in [0.1, 0.15) is 28.1 Å². The fraction of sp³-hybridized carbons (Fsp3) is 0.294. The number of halogens is 1. The zero-order valence-electron chi connectivity index (χ0n) is 12.5. The average molecular weight is 393 g/mol. The number of hydrogen-bond acceptors (Lipinski definition) is 3. The van der Waals surface area contributed by atoms with E-state index in [9.17, 15) is 9.59 Å². The molecule has 4 nitrogen and oxygen atoms in total. The van der Waals surface area contributed by atoms with Crippen molar-refractivity contribution in [3.8, 4) is 0 Å². The SMILES string of the molecule is O=C(NCC(=O)N(Cc1cccc(Br)c1)C1CC1)c1cccs1. The van der Waals surface area contributed by atoms with Crippen LogP contribution in [0, 0.1) is 0 Å². The largest absolute Gasteiger partial charge is 0.342 e. The zero-order valence-corrected chi connectivity index (χ0v) is 14.9. The maximum Gasteiger partial charge on any atom is 0.261 e. The van der Waals surface area contributed by atoms with E-state index in [1.54, 1.807) is 6.07 Å². The zero-order chi connectivity index (χ0) is 16.2. The topological polar surface area (TPSA) is 49.4 Å². The van der Waals surface area contributed by atoms with Crippen molar-refractivity contribution in [1.29, 1.82) is 0 Å². The van der Waals surface area contributed by atoms with Crippen LogP contribution in [0.3, 0.4) is 0 Å². The molecule has 1 aliphatic carbocycles. The minimum absolute atomic E-state index is 0.0302. The van der Waals surface area contributed by atoms with Gasteiger partial charge in [-0.15, -0.1) is 11.3 Å². The van der Waals surface area contributed by atoms with Crippen LogP contribution in [0.5, 0.6) is 0 Å². The molecule has 1 saturated carbocycles. The summed E-state index contributed by atoms with van der Waals surface area (Å²) in [6, 6.07) is 11.8. The van der Waals surface area contributed by atoms with E-state index in [4.69, 9.17) is 0 Å². The molecule has 0 aliphatic heterocycles. The van der Waals surface area contributed by atoms with E-state index in [2.05, 4.69) is 21.2 Å². The van der Waals surface area contributed by atoms with Gasteiger partial charge in [-0.2, -0.15) is 0 Å². The molecule has 3 rings (SSSR count). The van der Waals surface area contributed by atoms with Gasteiger partial charge in [-0.05, 0) is 42.0 Å². The highest BCUT2D eigenvalue weighted by atomic mass is 79.9. The lowest BCUT2D eigenvalue weighted by molar-refractivity contribution is -0.131. The lowest BCUT2D eigenvalue weighted by Gasteiger charge is -2.23. The third-order valence-corrected chi connectivity index (χ3v) is 5.06. The Bertz CT molecular complexity index is 698. The third kappa shape index (κ3) is 4.42. The highest BCUT2D eigenvalue weighted by Crippen LogP contribution is 2.28. The van der Waals surface area contributed by atoms with E-state index in [0.717, 1.165) is 22.9 Å². The molecular formula is C17H17BrN2O2S. The molecule has 1 aromatic carbocycles. The van der Waals surface area contributed by atoms with Gasteiger partial charge in [0.2, 0.25) is 5.91 Å². The first-order chi connectivity index (χ1) is 11.1. The number of rotatable bonds is 6. The Kier molecular flexibility index (Phi) is 5.13. The molecule has 1 N–H and O–H groups in total. The summed E-state index contributed by atoms with van der Waals surface area (Å²) < 4.78 is 1.00. The summed E-state index contributed by atoms with van der Waals surface area (Å²) >= 11 is 4.83. The quantitative estimate of drug-likeness (QED) is 0.818. The maximum absolute atomic E-state index is 12.5. The van der Waals surface area contributed by atoms with E-state index in [1.165, 1.54) is 11.3 Å². The second-order valence-corrected chi connectivity index (χ2v) is 7.41. The summed E-state index contributed by atoms with van der Waals surface area (Å²) in [6.45, 7) is 0.624. The van der Waals surface area contributed by atoms with Crippen molar-refractivity contribution >= 4 is 39.1 Å². The normalized spacial score (nSPS) is 13.6. The minimum Gasteiger partial charge on any atom is -0.342 e. The molecule has 1 fully saturated rings. The number of carbonyl (C=O) groups excluding carboxylic acids is 2. The van der Waals surface area contributed by atoms with Gasteiger partial charge in [0, 0.05) is 17.1 Å². The molecule has 6 heteroatoms. The van der Waals surface area contributed by atoms with Crippen molar-refractivity contribution in [1.82, 2.24) is 10.2 Å². The lowest BCUT2D eigenvalue weighted by Crippen LogP contribution is -2.40. The van der Waals surface area contributed by atoms with Gasteiger partial charge in [-0.3, -0.25) is 9.59 Å².